The summed E-state index contributed by atoms with van der Waals surface area (Å²) in [5, 5.41) is 5.81. The molecule has 3 aromatic rings. The molecular formula is C20H15FN4O3S3. The van der Waals surface area contributed by atoms with E-state index in [4.69, 9.17) is 0 Å². The minimum absolute atomic E-state index is 0.0397. The molecule has 0 aliphatic carbocycles. The van der Waals surface area contributed by atoms with Gasteiger partial charge in [-0.25, -0.2) is 14.4 Å². The fourth-order valence-corrected chi connectivity index (χ4v) is 5.27. The molecule has 2 aromatic heterocycles. The fourth-order valence-electron chi connectivity index (χ4n) is 2.80. The molecule has 1 aliphatic rings. The van der Waals surface area contributed by atoms with Crippen molar-refractivity contribution in [2.75, 3.05) is 18.8 Å². The van der Waals surface area contributed by atoms with Crippen molar-refractivity contribution in [1.29, 1.82) is 0 Å². The molecule has 0 unspecified atom stereocenters. The van der Waals surface area contributed by atoms with Crippen LogP contribution < -0.4 is 5.32 Å². The molecule has 158 valence electrons. The van der Waals surface area contributed by atoms with Gasteiger partial charge in [0, 0.05) is 24.0 Å². The normalized spacial score (nSPS) is 15.3. The summed E-state index contributed by atoms with van der Waals surface area (Å²) in [5.41, 5.74) is 0.239. The number of aromatic nitrogens is 2. The minimum atomic E-state index is -0.497. The molecule has 4 rings (SSSR count). The maximum absolute atomic E-state index is 13.8. The lowest BCUT2D eigenvalue weighted by Gasteiger charge is -2.13. The second-order valence-corrected chi connectivity index (χ2v) is 9.16. The van der Waals surface area contributed by atoms with E-state index >= 15 is 0 Å². The number of thiophene rings is 1. The Kier molecular flexibility index (Phi) is 6.64. The number of benzene rings is 1. The number of nitrogens with zero attached hydrogens (tertiary/aromatic N) is 3. The quantitative estimate of drug-likeness (QED) is 0.317. The number of rotatable bonds is 7. The number of hydrogen-bond acceptors (Lipinski definition) is 8. The van der Waals surface area contributed by atoms with E-state index in [-0.39, 0.29) is 35.2 Å². The topological polar surface area (TPSA) is 92.3 Å². The lowest BCUT2D eigenvalue weighted by molar-refractivity contribution is -0.123. The van der Waals surface area contributed by atoms with Crippen LogP contribution in [0, 0.1) is 5.82 Å². The third-order valence-corrected chi connectivity index (χ3v) is 7.02. The minimum Gasteiger partial charge on any atom is -0.354 e. The number of thioether (sulfide) groups is 2. The summed E-state index contributed by atoms with van der Waals surface area (Å²) < 4.78 is 13.8. The monoisotopic (exact) mass is 474 g/mol. The van der Waals surface area contributed by atoms with Crippen LogP contribution in [-0.4, -0.2) is 50.8 Å². The van der Waals surface area contributed by atoms with Gasteiger partial charge in [-0.1, -0.05) is 30.0 Å². The summed E-state index contributed by atoms with van der Waals surface area (Å²) >= 11 is 3.56. The highest BCUT2D eigenvalue weighted by Crippen LogP contribution is 2.32. The summed E-state index contributed by atoms with van der Waals surface area (Å²) in [7, 11) is 0. The number of amides is 3. The first-order valence-electron chi connectivity index (χ1n) is 9.10. The molecule has 1 fully saturated rings. The first kappa shape index (κ1) is 21.5. The van der Waals surface area contributed by atoms with Crippen molar-refractivity contribution in [3.05, 3.63) is 58.3 Å². The van der Waals surface area contributed by atoms with Crippen LogP contribution in [0.2, 0.25) is 0 Å². The lowest BCUT2D eigenvalue weighted by atomic mass is 10.2. The Hall–Kier alpha value is -2.76. The van der Waals surface area contributed by atoms with E-state index in [1.165, 1.54) is 47.6 Å². The molecule has 0 radical (unpaired) electrons. The molecule has 11 heteroatoms. The second-order valence-electron chi connectivity index (χ2n) is 6.31. The first-order valence-corrected chi connectivity index (χ1v) is 11.8. The molecule has 3 heterocycles. The zero-order valence-corrected chi connectivity index (χ0v) is 18.4. The van der Waals surface area contributed by atoms with Crippen molar-refractivity contribution in [3.63, 3.8) is 0 Å². The molecule has 0 atom stereocenters. The zero-order chi connectivity index (χ0) is 21.8. The van der Waals surface area contributed by atoms with Gasteiger partial charge in [0.25, 0.3) is 11.1 Å². The highest BCUT2D eigenvalue weighted by Gasteiger charge is 2.34. The van der Waals surface area contributed by atoms with Crippen molar-refractivity contribution in [2.24, 2.45) is 0 Å². The number of carbonyl (C=O) groups is 3. The second kappa shape index (κ2) is 9.58. The SMILES string of the molecule is O=C(CSc1ncnc2sccc12)NCCN1C(=O)S/C(=C\c2ccccc2F)C1=O. The number of halogens is 1. The van der Waals surface area contributed by atoms with Crippen molar-refractivity contribution >= 4 is 68.2 Å². The third kappa shape index (κ3) is 4.94. The molecular weight excluding hydrogens is 459 g/mol. The van der Waals surface area contributed by atoms with Crippen LogP contribution in [0.1, 0.15) is 5.56 Å². The summed E-state index contributed by atoms with van der Waals surface area (Å²) in [6, 6.07) is 7.93. The molecule has 0 spiro atoms. The average molecular weight is 475 g/mol. The number of carbonyl (C=O) groups excluding carboxylic acids is 3. The van der Waals surface area contributed by atoms with Crippen molar-refractivity contribution < 1.29 is 18.8 Å². The molecule has 3 amide bonds. The zero-order valence-electron chi connectivity index (χ0n) is 15.9. The molecule has 31 heavy (non-hydrogen) atoms. The Balaban J connectivity index is 1.28. The Morgan fingerprint density at radius 1 is 1.23 bits per heavy atom. The maximum Gasteiger partial charge on any atom is 0.293 e. The molecule has 0 saturated carbocycles. The van der Waals surface area contributed by atoms with Gasteiger partial charge in [0.1, 0.15) is 22.0 Å². The van der Waals surface area contributed by atoms with E-state index in [2.05, 4.69) is 15.3 Å². The Bertz CT molecular complexity index is 1200. The summed E-state index contributed by atoms with van der Waals surface area (Å²) in [4.78, 5) is 47.2. The van der Waals surface area contributed by atoms with Gasteiger partial charge in [0.2, 0.25) is 5.91 Å². The van der Waals surface area contributed by atoms with Crippen LogP contribution in [0.5, 0.6) is 0 Å². The summed E-state index contributed by atoms with van der Waals surface area (Å²) in [5.74, 6) is -1.05. The summed E-state index contributed by atoms with van der Waals surface area (Å²) in [6.07, 6.45) is 2.83. The molecule has 1 aliphatic heterocycles. The van der Waals surface area contributed by atoms with Crippen LogP contribution in [0.15, 0.2) is 52.0 Å². The largest absolute Gasteiger partial charge is 0.354 e. The summed E-state index contributed by atoms with van der Waals surface area (Å²) in [6.45, 7) is 0.167. The predicted octanol–water partition coefficient (Wildman–Crippen LogP) is 3.78. The van der Waals surface area contributed by atoms with Gasteiger partial charge < -0.3 is 5.32 Å². The number of fused-ring (bicyclic) bond motifs is 1. The first-order chi connectivity index (χ1) is 15.0. The Labute approximate surface area is 189 Å². The van der Waals surface area contributed by atoms with Crippen LogP contribution in [0.4, 0.5) is 9.18 Å². The Morgan fingerprint density at radius 3 is 2.90 bits per heavy atom. The highest BCUT2D eigenvalue weighted by molar-refractivity contribution is 8.18. The smallest absolute Gasteiger partial charge is 0.293 e. The van der Waals surface area contributed by atoms with Crippen LogP contribution in [-0.2, 0) is 9.59 Å². The Morgan fingerprint density at radius 2 is 2.06 bits per heavy atom. The van der Waals surface area contributed by atoms with Gasteiger partial charge >= 0.3 is 0 Å². The highest BCUT2D eigenvalue weighted by atomic mass is 32.2. The van der Waals surface area contributed by atoms with Crippen LogP contribution >= 0.6 is 34.9 Å². The van der Waals surface area contributed by atoms with Gasteiger partial charge in [-0.05, 0) is 35.4 Å². The molecule has 7 nitrogen and oxygen atoms in total. The van der Waals surface area contributed by atoms with E-state index < -0.39 is 17.0 Å². The van der Waals surface area contributed by atoms with Gasteiger partial charge in [0.15, 0.2) is 0 Å². The predicted molar refractivity (Wildman–Crippen MR) is 120 cm³/mol. The van der Waals surface area contributed by atoms with E-state index in [9.17, 15) is 18.8 Å². The molecule has 1 aromatic carbocycles. The van der Waals surface area contributed by atoms with Crippen molar-refractivity contribution in [1.82, 2.24) is 20.2 Å². The molecule has 1 N–H and O–H groups in total. The number of nitrogens with one attached hydrogen (secondary N) is 1. The molecule has 0 bridgehead atoms. The van der Waals surface area contributed by atoms with Gasteiger partial charge in [-0.15, -0.1) is 11.3 Å². The van der Waals surface area contributed by atoms with Gasteiger partial charge in [-0.3, -0.25) is 19.3 Å². The van der Waals surface area contributed by atoms with E-state index in [1.54, 1.807) is 12.1 Å². The van der Waals surface area contributed by atoms with Crippen molar-refractivity contribution in [3.8, 4) is 0 Å². The third-order valence-electron chi connectivity index (χ3n) is 4.29. The lowest BCUT2D eigenvalue weighted by Crippen LogP contribution is -2.37. The number of hydrogen-bond donors (Lipinski definition) is 1. The van der Waals surface area contributed by atoms with E-state index in [1.807, 2.05) is 11.4 Å². The number of imide groups is 1. The van der Waals surface area contributed by atoms with Gasteiger partial charge in [-0.2, -0.15) is 0 Å². The van der Waals surface area contributed by atoms with Crippen LogP contribution in [0.25, 0.3) is 16.3 Å². The standard InChI is InChI=1S/C20H15FN4O3S3/c21-14-4-2-1-3-12(14)9-15-19(27)25(20(28)31-15)7-6-22-16(26)10-30-18-13-5-8-29-17(13)23-11-24-18/h1-5,8-9,11H,6-7,10H2,(H,22,26)/b15-9-. The van der Waals surface area contributed by atoms with E-state index in [0.29, 0.717) is 0 Å². The average Bonchev–Trinajstić information content (AvgIpc) is 3.34. The fraction of sp³-hybridized carbons (Fsp3) is 0.150. The maximum atomic E-state index is 13.8. The molecule has 1 saturated heterocycles. The van der Waals surface area contributed by atoms with Gasteiger partial charge in [0.05, 0.1) is 10.7 Å². The van der Waals surface area contributed by atoms with E-state index in [0.717, 1.165) is 31.9 Å². The van der Waals surface area contributed by atoms with Crippen LogP contribution in [0.3, 0.4) is 0 Å². The van der Waals surface area contributed by atoms with Crippen molar-refractivity contribution in [2.45, 2.75) is 5.03 Å².